The third-order valence-electron chi connectivity index (χ3n) is 2.03. The van der Waals surface area contributed by atoms with Crippen LogP contribution in [0.15, 0.2) is 41.9 Å². The molecule has 0 bridgehead atoms. The van der Waals surface area contributed by atoms with Gasteiger partial charge in [-0.15, -0.1) is 11.3 Å². The van der Waals surface area contributed by atoms with Crippen LogP contribution in [-0.4, -0.2) is 17.9 Å². The number of nitrogens with zero attached hydrogens (tertiary/aromatic N) is 1. The van der Waals surface area contributed by atoms with E-state index in [1.165, 1.54) is 17.5 Å². The first-order chi connectivity index (χ1) is 8.22. The highest BCUT2D eigenvalue weighted by molar-refractivity contribution is 7.09. The number of hydrogen-bond acceptors (Lipinski definition) is 3. The highest BCUT2D eigenvalue weighted by Gasteiger charge is 1.95. The Bertz CT molecular complexity index is 426. The van der Waals surface area contributed by atoms with Crippen LogP contribution in [0.1, 0.15) is 17.5 Å². The van der Waals surface area contributed by atoms with Crippen molar-refractivity contribution in [3.05, 3.63) is 52.5 Å². The number of amides is 1. The Kier molecular flexibility index (Phi) is 5.96. The Labute approximate surface area is 106 Å². The molecule has 0 radical (unpaired) electrons. The zero-order valence-corrected chi connectivity index (χ0v) is 10.8. The van der Waals surface area contributed by atoms with Crippen LogP contribution in [0.4, 0.5) is 0 Å². The molecule has 1 N–H and O–H groups in total. The Morgan fingerprint density at radius 1 is 1.35 bits per heavy atom. The molecule has 1 amide bonds. The average molecular weight is 248 g/mol. The molecule has 4 heteroatoms. The third kappa shape index (κ3) is 5.82. The van der Waals surface area contributed by atoms with E-state index in [9.17, 15) is 4.79 Å². The van der Waals surface area contributed by atoms with Crippen molar-refractivity contribution < 1.29 is 4.79 Å². The highest BCUT2D eigenvalue weighted by Crippen LogP contribution is 2.10. The zero-order chi connectivity index (χ0) is 12.5. The van der Waals surface area contributed by atoms with Crippen LogP contribution in [0.3, 0.4) is 0 Å². The van der Waals surface area contributed by atoms with Crippen LogP contribution < -0.4 is 5.32 Å². The number of benzene rings is 1. The molecule has 0 aliphatic heterocycles. The number of carbonyl (C=O) groups is 1. The molecular formula is C13H16N2OS. The van der Waals surface area contributed by atoms with Gasteiger partial charge >= 0.3 is 0 Å². The summed E-state index contributed by atoms with van der Waals surface area (Å²) in [4.78, 5) is 13.9. The van der Waals surface area contributed by atoms with Crippen LogP contribution in [0, 0.1) is 0 Å². The second kappa shape index (κ2) is 7.57. The molecule has 0 spiro atoms. The van der Waals surface area contributed by atoms with Gasteiger partial charge in [0.2, 0.25) is 5.91 Å². The number of nitrogens with one attached hydrogen (secondary N) is 1. The van der Waals surface area contributed by atoms with E-state index in [1.807, 2.05) is 17.6 Å². The van der Waals surface area contributed by atoms with Crippen LogP contribution in [0.2, 0.25) is 0 Å². The Balaban J connectivity index is 0.000000249. The molecule has 3 nitrogen and oxygen atoms in total. The van der Waals surface area contributed by atoms with E-state index in [1.54, 1.807) is 18.4 Å². The fourth-order valence-electron chi connectivity index (χ4n) is 1.11. The van der Waals surface area contributed by atoms with Crippen LogP contribution in [0.5, 0.6) is 0 Å². The van der Waals surface area contributed by atoms with E-state index in [4.69, 9.17) is 0 Å². The Morgan fingerprint density at radius 2 is 2.00 bits per heavy atom. The van der Waals surface area contributed by atoms with Crippen molar-refractivity contribution in [1.82, 2.24) is 10.3 Å². The Morgan fingerprint density at radius 3 is 2.47 bits per heavy atom. The summed E-state index contributed by atoms with van der Waals surface area (Å²) in [7, 11) is 1.60. The van der Waals surface area contributed by atoms with E-state index < -0.39 is 0 Å². The topological polar surface area (TPSA) is 42.0 Å². The minimum atomic E-state index is 0.00463. The summed E-state index contributed by atoms with van der Waals surface area (Å²) in [6, 6.07) is 10.4. The van der Waals surface area contributed by atoms with Gasteiger partial charge in [-0.05, 0) is 5.56 Å². The molecule has 0 saturated carbocycles. The fourth-order valence-corrected chi connectivity index (χ4v) is 1.76. The van der Waals surface area contributed by atoms with Crippen LogP contribution in [-0.2, 0) is 11.2 Å². The molecule has 2 aromatic rings. The van der Waals surface area contributed by atoms with Gasteiger partial charge in [-0.25, -0.2) is 4.98 Å². The molecule has 1 aromatic carbocycles. The van der Waals surface area contributed by atoms with Crippen LogP contribution >= 0.6 is 11.3 Å². The molecule has 90 valence electrons. The number of aromatic nitrogens is 1. The zero-order valence-electron chi connectivity index (χ0n) is 10.0. The van der Waals surface area contributed by atoms with E-state index in [-0.39, 0.29) is 5.91 Å². The van der Waals surface area contributed by atoms with Gasteiger partial charge in [0.25, 0.3) is 0 Å². The summed E-state index contributed by atoms with van der Waals surface area (Å²) in [6.07, 6.45) is 2.81. The highest BCUT2D eigenvalue weighted by atomic mass is 32.1. The lowest BCUT2D eigenvalue weighted by Crippen LogP contribution is -2.11. The van der Waals surface area contributed by atoms with Crippen molar-refractivity contribution in [3.63, 3.8) is 0 Å². The molecule has 0 fully saturated rings. The number of rotatable bonds is 2. The van der Waals surface area contributed by atoms with Crippen molar-refractivity contribution in [3.8, 4) is 0 Å². The SMILES string of the molecule is CNC(C)=O.c1ccc(Cc2nccs2)cc1. The van der Waals surface area contributed by atoms with E-state index in [0.29, 0.717) is 0 Å². The lowest BCUT2D eigenvalue weighted by atomic mass is 10.2. The normalized spacial score (nSPS) is 9.06. The molecule has 1 heterocycles. The molecule has 0 atom stereocenters. The summed E-state index contributed by atoms with van der Waals surface area (Å²) in [5.74, 6) is 0.00463. The smallest absolute Gasteiger partial charge is 0.216 e. The van der Waals surface area contributed by atoms with Crippen molar-refractivity contribution >= 4 is 17.2 Å². The van der Waals surface area contributed by atoms with E-state index >= 15 is 0 Å². The lowest BCUT2D eigenvalue weighted by Gasteiger charge is -1.95. The standard InChI is InChI=1S/C10H9NS.C3H7NO/c1-2-4-9(5-3-1)8-10-11-6-7-12-10;1-3(5)4-2/h1-7H,8H2;1-2H3,(H,4,5). The predicted molar refractivity (Wildman–Crippen MR) is 71.1 cm³/mol. The summed E-state index contributed by atoms with van der Waals surface area (Å²) in [5, 5.41) is 5.58. The van der Waals surface area contributed by atoms with Gasteiger partial charge in [-0.1, -0.05) is 30.3 Å². The van der Waals surface area contributed by atoms with Crippen molar-refractivity contribution in [1.29, 1.82) is 0 Å². The first-order valence-corrected chi connectivity index (χ1v) is 6.21. The van der Waals surface area contributed by atoms with Gasteiger partial charge in [-0.3, -0.25) is 4.79 Å². The molecule has 0 saturated heterocycles. The monoisotopic (exact) mass is 248 g/mol. The molecule has 2 rings (SSSR count). The molecule has 1 aromatic heterocycles. The minimum absolute atomic E-state index is 0.00463. The van der Waals surface area contributed by atoms with Gasteiger partial charge in [0.1, 0.15) is 0 Å². The van der Waals surface area contributed by atoms with Crippen molar-refractivity contribution in [2.75, 3.05) is 7.05 Å². The Hall–Kier alpha value is -1.68. The predicted octanol–water partition coefficient (Wildman–Crippen LogP) is 2.49. The van der Waals surface area contributed by atoms with Gasteiger partial charge in [0.15, 0.2) is 0 Å². The van der Waals surface area contributed by atoms with Gasteiger partial charge in [0.05, 0.1) is 5.01 Å². The van der Waals surface area contributed by atoms with Gasteiger partial charge in [0, 0.05) is 32.0 Å². The summed E-state index contributed by atoms with van der Waals surface area (Å²) < 4.78 is 0. The first kappa shape index (κ1) is 13.4. The number of thiazole rings is 1. The first-order valence-electron chi connectivity index (χ1n) is 5.33. The third-order valence-corrected chi connectivity index (χ3v) is 2.81. The quantitative estimate of drug-likeness (QED) is 0.887. The van der Waals surface area contributed by atoms with Gasteiger partial charge < -0.3 is 5.32 Å². The average Bonchev–Trinajstić information content (AvgIpc) is 2.84. The fraction of sp³-hybridized carbons (Fsp3) is 0.231. The summed E-state index contributed by atoms with van der Waals surface area (Å²) in [6.45, 7) is 1.47. The maximum Gasteiger partial charge on any atom is 0.216 e. The maximum atomic E-state index is 9.70. The molecule has 0 aliphatic rings. The van der Waals surface area contributed by atoms with E-state index in [2.05, 4.69) is 34.6 Å². The molecular weight excluding hydrogens is 232 g/mol. The van der Waals surface area contributed by atoms with Crippen molar-refractivity contribution in [2.24, 2.45) is 0 Å². The second-order valence-corrected chi connectivity index (χ2v) is 4.37. The lowest BCUT2D eigenvalue weighted by molar-refractivity contribution is -0.118. The molecule has 0 unspecified atom stereocenters. The van der Waals surface area contributed by atoms with Crippen LogP contribution in [0.25, 0.3) is 0 Å². The van der Waals surface area contributed by atoms with Crippen molar-refractivity contribution in [2.45, 2.75) is 13.3 Å². The number of hydrogen-bond donors (Lipinski definition) is 1. The number of carbonyl (C=O) groups excluding carboxylic acids is 1. The summed E-state index contributed by atoms with van der Waals surface area (Å²) in [5.41, 5.74) is 1.33. The molecule has 17 heavy (non-hydrogen) atoms. The molecule has 0 aliphatic carbocycles. The second-order valence-electron chi connectivity index (χ2n) is 3.39. The van der Waals surface area contributed by atoms with E-state index in [0.717, 1.165) is 6.42 Å². The minimum Gasteiger partial charge on any atom is -0.359 e. The summed E-state index contributed by atoms with van der Waals surface area (Å²) >= 11 is 1.71. The largest absolute Gasteiger partial charge is 0.359 e. The maximum absolute atomic E-state index is 9.70. The van der Waals surface area contributed by atoms with Gasteiger partial charge in [-0.2, -0.15) is 0 Å².